The van der Waals surface area contributed by atoms with Crippen molar-refractivity contribution in [1.29, 1.82) is 0 Å². The largest absolute Gasteiger partial charge is 0.424 e. The summed E-state index contributed by atoms with van der Waals surface area (Å²) in [6.07, 6.45) is 1.66. The van der Waals surface area contributed by atoms with Gasteiger partial charge in [-0.15, -0.1) is 0 Å². The first-order valence-electron chi connectivity index (χ1n) is 9.54. The molecule has 0 saturated heterocycles. The SMILES string of the molecule is CCCOCC(Cc1ccc(F)cc1)Nc1nc2cc(C(C)C)ccc2o1. The lowest BCUT2D eigenvalue weighted by Gasteiger charge is -2.17. The molecule has 1 unspecified atom stereocenters. The quantitative estimate of drug-likeness (QED) is 0.502. The molecule has 0 spiro atoms. The van der Waals surface area contributed by atoms with Gasteiger partial charge in [0.05, 0.1) is 12.6 Å². The fourth-order valence-electron chi connectivity index (χ4n) is 2.97. The smallest absolute Gasteiger partial charge is 0.295 e. The molecule has 3 aromatic rings. The van der Waals surface area contributed by atoms with Gasteiger partial charge in [0.2, 0.25) is 0 Å². The summed E-state index contributed by atoms with van der Waals surface area (Å²) in [5.74, 6) is 0.210. The van der Waals surface area contributed by atoms with Gasteiger partial charge in [-0.1, -0.05) is 39.0 Å². The van der Waals surface area contributed by atoms with E-state index in [1.807, 2.05) is 6.07 Å². The van der Waals surface area contributed by atoms with Crippen LogP contribution in [0.25, 0.3) is 11.1 Å². The Hall–Kier alpha value is -2.40. The second-order valence-electron chi connectivity index (χ2n) is 7.15. The number of nitrogens with zero attached hydrogens (tertiary/aromatic N) is 1. The van der Waals surface area contributed by atoms with Crippen molar-refractivity contribution in [2.45, 2.75) is 45.6 Å². The first kappa shape index (κ1) is 19.4. The van der Waals surface area contributed by atoms with Crippen LogP contribution in [0.15, 0.2) is 46.9 Å². The normalized spacial score (nSPS) is 12.6. The van der Waals surface area contributed by atoms with E-state index in [9.17, 15) is 4.39 Å². The summed E-state index contributed by atoms with van der Waals surface area (Å²) >= 11 is 0. The Balaban J connectivity index is 1.75. The second-order valence-corrected chi connectivity index (χ2v) is 7.15. The number of rotatable bonds is 9. The molecule has 0 fully saturated rings. The Morgan fingerprint density at radius 2 is 1.93 bits per heavy atom. The van der Waals surface area contributed by atoms with E-state index < -0.39 is 0 Å². The molecule has 0 aliphatic rings. The number of nitrogens with one attached hydrogen (secondary N) is 1. The maximum atomic E-state index is 13.2. The van der Waals surface area contributed by atoms with Crippen LogP contribution >= 0.6 is 0 Å². The maximum Gasteiger partial charge on any atom is 0.295 e. The summed E-state index contributed by atoms with van der Waals surface area (Å²) in [4.78, 5) is 4.59. The zero-order chi connectivity index (χ0) is 19.2. The predicted octanol–water partition coefficient (Wildman–Crippen LogP) is 5.54. The number of anilines is 1. The summed E-state index contributed by atoms with van der Waals surface area (Å²) in [7, 11) is 0. The third-order valence-corrected chi connectivity index (χ3v) is 4.47. The van der Waals surface area contributed by atoms with Crippen molar-refractivity contribution >= 4 is 17.1 Å². The third-order valence-electron chi connectivity index (χ3n) is 4.47. The molecule has 1 heterocycles. The molecular formula is C22H27FN2O2. The molecule has 0 aliphatic heterocycles. The van der Waals surface area contributed by atoms with Crippen LogP contribution in [0, 0.1) is 5.82 Å². The highest BCUT2D eigenvalue weighted by atomic mass is 19.1. The van der Waals surface area contributed by atoms with Crippen molar-refractivity contribution in [2.24, 2.45) is 0 Å². The monoisotopic (exact) mass is 370 g/mol. The minimum absolute atomic E-state index is 0.0142. The summed E-state index contributed by atoms with van der Waals surface area (Å²) in [6.45, 7) is 7.62. The van der Waals surface area contributed by atoms with Gasteiger partial charge in [-0.3, -0.25) is 0 Å². The van der Waals surface area contributed by atoms with Crippen LogP contribution in [0.1, 0.15) is 44.2 Å². The topological polar surface area (TPSA) is 47.3 Å². The molecule has 1 N–H and O–H groups in total. The maximum absolute atomic E-state index is 13.2. The van der Waals surface area contributed by atoms with Crippen LogP contribution in [-0.4, -0.2) is 24.2 Å². The standard InChI is InChI=1S/C22H27FN2O2/c1-4-11-26-14-19(12-16-5-8-18(23)9-6-16)24-22-25-20-13-17(15(2)3)7-10-21(20)27-22/h5-10,13,15,19H,4,11-12,14H2,1-3H3,(H,24,25). The number of oxazole rings is 1. The Morgan fingerprint density at radius 1 is 1.15 bits per heavy atom. The number of hydrogen-bond donors (Lipinski definition) is 1. The average molecular weight is 370 g/mol. The summed E-state index contributed by atoms with van der Waals surface area (Å²) in [6, 6.07) is 13.1. The first-order chi connectivity index (χ1) is 13.0. The fourth-order valence-corrected chi connectivity index (χ4v) is 2.97. The van der Waals surface area contributed by atoms with Gasteiger partial charge in [-0.25, -0.2) is 4.39 Å². The van der Waals surface area contributed by atoms with E-state index in [1.54, 1.807) is 12.1 Å². The lowest BCUT2D eigenvalue weighted by molar-refractivity contribution is 0.125. The number of hydrogen-bond acceptors (Lipinski definition) is 4. The average Bonchev–Trinajstić information content (AvgIpc) is 3.05. The predicted molar refractivity (Wildman–Crippen MR) is 107 cm³/mol. The molecule has 0 radical (unpaired) electrons. The lowest BCUT2D eigenvalue weighted by atomic mass is 10.0. The number of ether oxygens (including phenoxy) is 1. The molecule has 1 atom stereocenters. The minimum atomic E-state index is -0.231. The molecule has 2 aromatic carbocycles. The van der Waals surface area contributed by atoms with Gasteiger partial charge in [0, 0.05) is 6.61 Å². The van der Waals surface area contributed by atoms with Gasteiger partial charge in [-0.2, -0.15) is 4.98 Å². The second kappa shape index (κ2) is 9.00. The summed E-state index contributed by atoms with van der Waals surface area (Å²) < 4.78 is 24.8. The third kappa shape index (κ3) is 5.30. The van der Waals surface area contributed by atoms with E-state index in [-0.39, 0.29) is 11.9 Å². The summed E-state index contributed by atoms with van der Waals surface area (Å²) in [5.41, 5.74) is 3.87. The van der Waals surface area contributed by atoms with Crippen molar-refractivity contribution in [2.75, 3.05) is 18.5 Å². The molecule has 3 rings (SSSR count). The van der Waals surface area contributed by atoms with Gasteiger partial charge in [0.1, 0.15) is 11.3 Å². The van der Waals surface area contributed by atoms with E-state index in [1.165, 1.54) is 17.7 Å². The Labute approximate surface area is 159 Å². The van der Waals surface area contributed by atoms with Crippen LogP contribution in [-0.2, 0) is 11.2 Å². The van der Waals surface area contributed by atoms with Crippen molar-refractivity contribution in [3.8, 4) is 0 Å². The Bertz CT molecular complexity index is 858. The molecule has 5 heteroatoms. The van der Waals surface area contributed by atoms with Crippen LogP contribution < -0.4 is 5.32 Å². The number of aromatic nitrogens is 1. The zero-order valence-corrected chi connectivity index (χ0v) is 16.2. The van der Waals surface area contributed by atoms with E-state index in [4.69, 9.17) is 9.15 Å². The van der Waals surface area contributed by atoms with Crippen LogP contribution in [0.3, 0.4) is 0 Å². The molecule has 0 amide bonds. The molecule has 144 valence electrons. The molecule has 27 heavy (non-hydrogen) atoms. The molecule has 0 aliphatic carbocycles. The highest BCUT2D eigenvalue weighted by molar-refractivity contribution is 5.75. The molecular weight excluding hydrogens is 343 g/mol. The Kier molecular flexibility index (Phi) is 6.45. The highest BCUT2D eigenvalue weighted by Crippen LogP contribution is 2.24. The van der Waals surface area contributed by atoms with Crippen molar-refractivity contribution in [3.63, 3.8) is 0 Å². The minimum Gasteiger partial charge on any atom is -0.424 e. The van der Waals surface area contributed by atoms with E-state index in [0.29, 0.717) is 31.6 Å². The molecule has 0 bridgehead atoms. The van der Waals surface area contributed by atoms with Gasteiger partial charge < -0.3 is 14.5 Å². The zero-order valence-electron chi connectivity index (χ0n) is 16.2. The van der Waals surface area contributed by atoms with Crippen LogP contribution in [0.4, 0.5) is 10.4 Å². The lowest BCUT2D eigenvalue weighted by Crippen LogP contribution is -2.28. The Morgan fingerprint density at radius 3 is 2.63 bits per heavy atom. The fraction of sp³-hybridized carbons (Fsp3) is 0.409. The van der Waals surface area contributed by atoms with Gasteiger partial charge >= 0.3 is 0 Å². The van der Waals surface area contributed by atoms with Crippen molar-refractivity contribution < 1.29 is 13.5 Å². The molecule has 0 saturated carbocycles. The summed E-state index contributed by atoms with van der Waals surface area (Å²) in [5, 5.41) is 3.34. The van der Waals surface area contributed by atoms with E-state index >= 15 is 0 Å². The van der Waals surface area contributed by atoms with E-state index in [0.717, 1.165) is 23.1 Å². The number of benzene rings is 2. The van der Waals surface area contributed by atoms with Crippen LogP contribution in [0.5, 0.6) is 0 Å². The number of fused-ring (bicyclic) bond motifs is 1. The van der Waals surface area contributed by atoms with Gasteiger partial charge in [-0.05, 0) is 54.2 Å². The van der Waals surface area contributed by atoms with Crippen molar-refractivity contribution in [3.05, 3.63) is 59.4 Å². The van der Waals surface area contributed by atoms with E-state index in [2.05, 4.69) is 43.2 Å². The van der Waals surface area contributed by atoms with Gasteiger partial charge in [0.25, 0.3) is 6.01 Å². The molecule has 4 nitrogen and oxygen atoms in total. The first-order valence-corrected chi connectivity index (χ1v) is 9.54. The van der Waals surface area contributed by atoms with Gasteiger partial charge in [0.15, 0.2) is 5.58 Å². The van der Waals surface area contributed by atoms with Crippen LogP contribution in [0.2, 0.25) is 0 Å². The molecule has 1 aromatic heterocycles. The van der Waals surface area contributed by atoms with Crippen molar-refractivity contribution in [1.82, 2.24) is 4.98 Å². The number of halogens is 1. The highest BCUT2D eigenvalue weighted by Gasteiger charge is 2.15.